The fraction of sp³-hybridized carbons (Fsp3) is 0.500. The highest BCUT2D eigenvalue weighted by atomic mass is 35.5. The third-order valence-corrected chi connectivity index (χ3v) is 2.28. The molecule has 0 heterocycles. The lowest BCUT2D eigenvalue weighted by Crippen LogP contribution is -2.19. The summed E-state index contributed by atoms with van der Waals surface area (Å²) in [5, 5.41) is 3.27. The number of rotatable bonds is 7. The van der Waals surface area contributed by atoms with Crippen molar-refractivity contribution >= 4 is 12.4 Å². The van der Waals surface area contributed by atoms with Crippen LogP contribution < -0.4 is 14.8 Å². The van der Waals surface area contributed by atoms with Gasteiger partial charge in [0.1, 0.15) is 0 Å². The van der Waals surface area contributed by atoms with E-state index < -0.39 is 0 Å². The van der Waals surface area contributed by atoms with E-state index in [1.54, 1.807) is 21.3 Å². The van der Waals surface area contributed by atoms with Crippen LogP contribution in [-0.4, -0.2) is 34.5 Å². The maximum absolute atomic E-state index is 5.33. The number of hydrogen-bond acceptors (Lipinski definition) is 4. The van der Waals surface area contributed by atoms with Gasteiger partial charge < -0.3 is 19.5 Å². The second kappa shape index (κ2) is 9.10. The Kier molecular flexibility index (Phi) is 8.58. The zero-order valence-corrected chi connectivity index (χ0v) is 11.3. The number of para-hydroxylation sites is 1. The van der Waals surface area contributed by atoms with Crippen molar-refractivity contribution in [3.05, 3.63) is 23.8 Å². The second-order valence-electron chi connectivity index (χ2n) is 3.32. The molecule has 98 valence electrons. The maximum atomic E-state index is 5.33. The van der Waals surface area contributed by atoms with Gasteiger partial charge in [-0.2, -0.15) is 0 Å². The number of ether oxygens (including phenoxy) is 3. The van der Waals surface area contributed by atoms with Crippen LogP contribution >= 0.6 is 12.4 Å². The largest absolute Gasteiger partial charge is 0.493 e. The van der Waals surface area contributed by atoms with Crippen LogP contribution in [0.25, 0.3) is 0 Å². The van der Waals surface area contributed by atoms with Crippen molar-refractivity contribution in [1.82, 2.24) is 5.32 Å². The summed E-state index contributed by atoms with van der Waals surface area (Å²) >= 11 is 0. The summed E-state index contributed by atoms with van der Waals surface area (Å²) in [5.41, 5.74) is 1.08. The molecule has 0 amide bonds. The molecule has 0 saturated carbocycles. The van der Waals surface area contributed by atoms with Gasteiger partial charge in [-0.3, -0.25) is 0 Å². The Hall–Kier alpha value is -0.970. The van der Waals surface area contributed by atoms with Crippen LogP contribution in [0, 0.1) is 0 Å². The molecule has 0 saturated heterocycles. The molecular weight excluding hydrogens is 242 g/mol. The first-order chi connectivity index (χ1) is 7.83. The molecule has 0 fully saturated rings. The molecule has 1 aromatic carbocycles. The summed E-state index contributed by atoms with van der Waals surface area (Å²) in [7, 11) is 4.98. The molecule has 0 unspecified atom stereocenters. The summed E-state index contributed by atoms with van der Waals surface area (Å²) < 4.78 is 15.5. The van der Waals surface area contributed by atoms with Gasteiger partial charge in [0.05, 0.1) is 20.8 Å². The molecule has 1 rings (SSSR count). The number of nitrogens with one attached hydrogen (secondary N) is 1. The first-order valence-electron chi connectivity index (χ1n) is 5.23. The van der Waals surface area contributed by atoms with Gasteiger partial charge in [0, 0.05) is 25.8 Å². The molecule has 0 spiro atoms. The number of halogens is 1. The summed E-state index contributed by atoms with van der Waals surface area (Å²) in [5.74, 6) is 1.54. The zero-order chi connectivity index (χ0) is 11.8. The summed E-state index contributed by atoms with van der Waals surface area (Å²) in [4.78, 5) is 0. The maximum Gasteiger partial charge on any atom is 0.165 e. The zero-order valence-electron chi connectivity index (χ0n) is 10.5. The van der Waals surface area contributed by atoms with Crippen molar-refractivity contribution in [1.29, 1.82) is 0 Å². The van der Waals surface area contributed by atoms with Gasteiger partial charge in [-0.15, -0.1) is 12.4 Å². The summed E-state index contributed by atoms with van der Waals surface area (Å²) in [6, 6.07) is 5.85. The van der Waals surface area contributed by atoms with E-state index in [4.69, 9.17) is 14.2 Å². The lowest BCUT2D eigenvalue weighted by Gasteiger charge is -2.12. The lowest BCUT2D eigenvalue weighted by atomic mass is 10.2. The van der Waals surface area contributed by atoms with Crippen molar-refractivity contribution in [3.63, 3.8) is 0 Å². The highest BCUT2D eigenvalue weighted by Gasteiger charge is 2.08. The quantitative estimate of drug-likeness (QED) is 0.761. The van der Waals surface area contributed by atoms with Crippen LogP contribution in [0.15, 0.2) is 18.2 Å². The third-order valence-electron chi connectivity index (χ3n) is 2.28. The smallest absolute Gasteiger partial charge is 0.165 e. The molecular formula is C12H20ClNO3. The molecule has 0 aliphatic carbocycles. The Bertz CT molecular complexity index is 321. The van der Waals surface area contributed by atoms with Gasteiger partial charge in [0.2, 0.25) is 0 Å². The van der Waals surface area contributed by atoms with Crippen LogP contribution in [0.5, 0.6) is 11.5 Å². The normalized spacial score (nSPS) is 9.59. The molecule has 0 aromatic heterocycles. The Labute approximate surface area is 109 Å². The highest BCUT2D eigenvalue weighted by Crippen LogP contribution is 2.30. The average molecular weight is 262 g/mol. The van der Waals surface area contributed by atoms with Crippen molar-refractivity contribution in [3.8, 4) is 11.5 Å². The van der Waals surface area contributed by atoms with E-state index in [0.29, 0.717) is 6.61 Å². The molecule has 0 atom stereocenters. The van der Waals surface area contributed by atoms with E-state index in [1.165, 1.54) is 0 Å². The van der Waals surface area contributed by atoms with E-state index in [9.17, 15) is 0 Å². The van der Waals surface area contributed by atoms with E-state index in [1.807, 2.05) is 18.2 Å². The van der Waals surface area contributed by atoms with Crippen molar-refractivity contribution in [2.24, 2.45) is 0 Å². The highest BCUT2D eigenvalue weighted by molar-refractivity contribution is 5.85. The minimum atomic E-state index is 0. The molecule has 0 radical (unpaired) electrons. The van der Waals surface area contributed by atoms with Gasteiger partial charge in [-0.25, -0.2) is 0 Å². The first-order valence-corrected chi connectivity index (χ1v) is 5.23. The molecule has 0 bridgehead atoms. The van der Waals surface area contributed by atoms with Gasteiger partial charge >= 0.3 is 0 Å². The molecule has 1 aromatic rings. The van der Waals surface area contributed by atoms with Crippen molar-refractivity contribution in [2.75, 3.05) is 34.5 Å². The fourth-order valence-corrected chi connectivity index (χ4v) is 1.49. The molecule has 5 heteroatoms. The van der Waals surface area contributed by atoms with Gasteiger partial charge in [0.15, 0.2) is 11.5 Å². The van der Waals surface area contributed by atoms with E-state index in [0.717, 1.165) is 30.2 Å². The van der Waals surface area contributed by atoms with Crippen molar-refractivity contribution in [2.45, 2.75) is 6.54 Å². The van der Waals surface area contributed by atoms with Crippen LogP contribution in [0.4, 0.5) is 0 Å². The second-order valence-corrected chi connectivity index (χ2v) is 3.32. The first kappa shape index (κ1) is 16.0. The van der Waals surface area contributed by atoms with Crippen molar-refractivity contribution < 1.29 is 14.2 Å². The molecule has 0 aliphatic rings. The SMILES string of the molecule is COCCNCc1cccc(OC)c1OC.Cl. The van der Waals surface area contributed by atoms with Crippen LogP contribution in [0.2, 0.25) is 0 Å². The number of methoxy groups -OCH3 is 3. The summed E-state index contributed by atoms with van der Waals surface area (Å²) in [6.45, 7) is 2.26. The van der Waals surface area contributed by atoms with Gasteiger partial charge in [-0.1, -0.05) is 12.1 Å². The lowest BCUT2D eigenvalue weighted by molar-refractivity contribution is 0.199. The fourth-order valence-electron chi connectivity index (χ4n) is 1.49. The predicted molar refractivity (Wildman–Crippen MR) is 70.4 cm³/mol. The molecule has 1 N–H and O–H groups in total. The monoisotopic (exact) mass is 261 g/mol. The van der Waals surface area contributed by atoms with Crippen LogP contribution in [-0.2, 0) is 11.3 Å². The van der Waals surface area contributed by atoms with Crippen LogP contribution in [0.3, 0.4) is 0 Å². The summed E-state index contributed by atoms with van der Waals surface area (Å²) in [6.07, 6.45) is 0. The predicted octanol–water partition coefficient (Wildman–Crippen LogP) is 1.86. The van der Waals surface area contributed by atoms with E-state index in [2.05, 4.69) is 5.32 Å². The Morgan fingerprint density at radius 1 is 1.12 bits per heavy atom. The molecule has 17 heavy (non-hydrogen) atoms. The minimum absolute atomic E-state index is 0. The third kappa shape index (κ3) is 4.81. The number of benzene rings is 1. The van der Waals surface area contributed by atoms with Gasteiger partial charge in [0.25, 0.3) is 0 Å². The Morgan fingerprint density at radius 2 is 1.88 bits per heavy atom. The van der Waals surface area contributed by atoms with E-state index in [-0.39, 0.29) is 12.4 Å². The Morgan fingerprint density at radius 3 is 2.47 bits per heavy atom. The minimum Gasteiger partial charge on any atom is -0.493 e. The molecule has 0 aliphatic heterocycles. The van der Waals surface area contributed by atoms with Crippen LogP contribution in [0.1, 0.15) is 5.56 Å². The average Bonchev–Trinajstić information content (AvgIpc) is 2.34. The standard InChI is InChI=1S/C12H19NO3.ClH/c1-14-8-7-13-9-10-5-4-6-11(15-2)12(10)16-3;/h4-6,13H,7-9H2,1-3H3;1H. The topological polar surface area (TPSA) is 39.7 Å². The Balaban J connectivity index is 0.00000256. The number of hydrogen-bond donors (Lipinski definition) is 1. The van der Waals surface area contributed by atoms with Gasteiger partial charge in [-0.05, 0) is 6.07 Å². The van der Waals surface area contributed by atoms with E-state index >= 15 is 0 Å². The molecule has 4 nitrogen and oxygen atoms in total.